The molecule has 0 bridgehead atoms. The molecular weight excluding hydrogens is 382 g/mol. The van der Waals surface area contributed by atoms with Crippen molar-refractivity contribution in [3.05, 3.63) is 36.0 Å². The van der Waals surface area contributed by atoms with Crippen molar-refractivity contribution in [1.82, 2.24) is 25.0 Å². The van der Waals surface area contributed by atoms with Crippen LogP contribution in [0.15, 0.2) is 30.5 Å². The Bertz CT molecular complexity index is 827. The van der Waals surface area contributed by atoms with Gasteiger partial charge in [-0.1, -0.05) is 0 Å². The largest absolute Gasteiger partial charge is 0.478 e. The third-order valence-corrected chi connectivity index (χ3v) is 5.63. The van der Waals surface area contributed by atoms with Crippen LogP contribution in [-0.4, -0.2) is 96.9 Å². The van der Waals surface area contributed by atoms with Gasteiger partial charge in [0.05, 0.1) is 12.2 Å². The number of anilines is 2. The van der Waals surface area contributed by atoms with Crippen LogP contribution in [0.25, 0.3) is 0 Å². The molecule has 1 amide bonds. The zero-order valence-electron chi connectivity index (χ0n) is 17.7. The molecular formula is C21H29N7O2. The van der Waals surface area contributed by atoms with Gasteiger partial charge in [-0.25, -0.2) is 4.98 Å². The van der Waals surface area contributed by atoms with E-state index in [0.717, 1.165) is 50.9 Å². The second-order valence-corrected chi connectivity index (χ2v) is 7.64. The van der Waals surface area contributed by atoms with Gasteiger partial charge in [0.15, 0.2) is 11.6 Å². The van der Waals surface area contributed by atoms with Crippen molar-refractivity contribution in [1.29, 1.82) is 0 Å². The Morgan fingerprint density at radius 2 is 1.50 bits per heavy atom. The van der Waals surface area contributed by atoms with E-state index in [1.165, 1.54) is 0 Å². The van der Waals surface area contributed by atoms with Crippen LogP contribution in [0.1, 0.15) is 17.3 Å². The Morgan fingerprint density at radius 3 is 2.00 bits per heavy atom. The summed E-state index contributed by atoms with van der Waals surface area (Å²) in [7, 11) is 2.14. The minimum atomic E-state index is 0.00157. The number of piperazine rings is 2. The van der Waals surface area contributed by atoms with Crippen LogP contribution in [0.5, 0.6) is 5.88 Å². The van der Waals surface area contributed by atoms with Gasteiger partial charge in [0.1, 0.15) is 0 Å². The van der Waals surface area contributed by atoms with Gasteiger partial charge in [0.25, 0.3) is 5.91 Å². The predicted octanol–water partition coefficient (Wildman–Crippen LogP) is 0.985. The molecule has 9 heteroatoms. The number of pyridine rings is 1. The smallest absolute Gasteiger partial charge is 0.255 e. The monoisotopic (exact) mass is 411 g/mol. The molecule has 0 saturated carbocycles. The molecule has 30 heavy (non-hydrogen) atoms. The Kier molecular flexibility index (Phi) is 6.27. The highest BCUT2D eigenvalue weighted by atomic mass is 16.5. The second-order valence-electron chi connectivity index (χ2n) is 7.64. The third-order valence-electron chi connectivity index (χ3n) is 5.63. The molecule has 160 valence electrons. The van der Waals surface area contributed by atoms with Gasteiger partial charge in [-0.2, -0.15) is 0 Å². The normalized spacial score (nSPS) is 17.9. The molecule has 0 spiro atoms. The van der Waals surface area contributed by atoms with E-state index in [2.05, 4.69) is 43.0 Å². The van der Waals surface area contributed by atoms with Gasteiger partial charge >= 0.3 is 0 Å². The molecule has 0 aromatic carbocycles. The molecule has 0 radical (unpaired) electrons. The van der Waals surface area contributed by atoms with Gasteiger partial charge < -0.3 is 24.3 Å². The Balaban J connectivity index is 1.31. The second kappa shape index (κ2) is 9.25. The zero-order valence-corrected chi connectivity index (χ0v) is 17.7. The summed E-state index contributed by atoms with van der Waals surface area (Å²) in [6.45, 7) is 9.27. The zero-order chi connectivity index (χ0) is 20.9. The van der Waals surface area contributed by atoms with E-state index in [1.807, 2.05) is 17.9 Å². The van der Waals surface area contributed by atoms with Gasteiger partial charge in [-0.15, -0.1) is 10.2 Å². The first-order valence-corrected chi connectivity index (χ1v) is 10.5. The van der Waals surface area contributed by atoms with Crippen LogP contribution in [0.3, 0.4) is 0 Å². The summed E-state index contributed by atoms with van der Waals surface area (Å²) in [6.07, 6.45) is 1.59. The number of hydrogen-bond acceptors (Lipinski definition) is 8. The molecule has 0 atom stereocenters. The number of carbonyl (C=O) groups excluding carboxylic acids is 1. The highest BCUT2D eigenvalue weighted by Crippen LogP contribution is 2.18. The number of carbonyl (C=O) groups is 1. The molecule has 4 heterocycles. The van der Waals surface area contributed by atoms with E-state index >= 15 is 0 Å². The lowest BCUT2D eigenvalue weighted by Crippen LogP contribution is -2.49. The molecule has 2 fully saturated rings. The third kappa shape index (κ3) is 4.62. The van der Waals surface area contributed by atoms with Crippen molar-refractivity contribution >= 4 is 17.5 Å². The van der Waals surface area contributed by atoms with Crippen LogP contribution in [0.4, 0.5) is 11.6 Å². The lowest BCUT2D eigenvalue weighted by atomic mass is 10.2. The van der Waals surface area contributed by atoms with Crippen molar-refractivity contribution in [2.24, 2.45) is 0 Å². The Labute approximate surface area is 177 Å². The average molecular weight is 412 g/mol. The Hall–Kier alpha value is -2.94. The molecule has 0 unspecified atom stereocenters. The topological polar surface area (TPSA) is 77.9 Å². The fraction of sp³-hybridized carbons (Fsp3) is 0.524. The first-order valence-electron chi connectivity index (χ1n) is 10.5. The highest BCUT2D eigenvalue weighted by Gasteiger charge is 2.24. The van der Waals surface area contributed by atoms with Crippen molar-refractivity contribution in [2.75, 3.05) is 75.8 Å². The lowest BCUT2D eigenvalue weighted by Gasteiger charge is -2.35. The van der Waals surface area contributed by atoms with Crippen molar-refractivity contribution in [2.45, 2.75) is 6.92 Å². The predicted molar refractivity (Wildman–Crippen MR) is 115 cm³/mol. The Morgan fingerprint density at radius 1 is 0.900 bits per heavy atom. The first kappa shape index (κ1) is 20.3. The summed E-state index contributed by atoms with van der Waals surface area (Å²) in [5, 5.41) is 8.89. The number of amides is 1. The van der Waals surface area contributed by atoms with E-state index in [1.54, 1.807) is 18.3 Å². The molecule has 2 aromatic rings. The maximum absolute atomic E-state index is 12.7. The van der Waals surface area contributed by atoms with Gasteiger partial charge in [-0.3, -0.25) is 4.79 Å². The highest BCUT2D eigenvalue weighted by molar-refractivity contribution is 5.94. The summed E-state index contributed by atoms with van der Waals surface area (Å²) in [6, 6.07) is 7.60. The van der Waals surface area contributed by atoms with E-state index in [-0.39, 0.29) is 5.91 Å². The van der Waals surface area contributed by atoms with Crippen LogP contribution >= 0.6 is 0 Å². The minimum absolute atomic E-state index is 0.00157. The van der Waals surface area contributed by atoms with Gasteiger partial charge in [0, 0.05) is 64.6 Å². The SMILES string of the molecule is CCOc1ccc(C(=O)N2CCN(c3ccc(N4CCN(C)CC4)nn3)CC2)cn1. The van der Waals surface area contributed by atoms with Crippen molar-refractivity contribution < 1.29 is 9.53 Å². The number of rotatable bonds is 5. The summed E-state index contributed by atoms with van der Waals surface area (Å²) in [5.41, 5.74) is 0.586. The van der Waals surface area contributed by atoms with Crippen molar-refractivity contribution in [3.63, 3.8) is 0 Å². The lowest BCUT2D eigenvalue weighted by molar-refractivity contribution is 0.0746. The average Bonchev–Trinajstić information content (AvgIpc) is 2.80. The number of aromatic nitrogens is 3. The minimum Gasteiger partial charge on any atom is -0.478 e. The standard InChI is InChI=1S/C21H29N7O2/c1-3-30-20-7-4-17(16-22-20)21(29)28-14-12-27(13-15-28)19-6-5-18(23-24-19)26-10-8-25(2)9-11-26/h4-7,16H,3,8-15H2,1-2H3. The van der Waals surface area contributed by atoms with Gasteiger partial charge in [0.2, 0.25) is 5.88 Å². The van der Waals surface area contributed by atoms with E-state index in [9.17, 15) is 4.79 Å². The molecule has 2 aliphatic rings. The maximum atomic E-state index is 12.7. The number of nitrogens with zero attached hydrogens (tertiary/aromatic N) is 7. The molecule has 9 nitrogen and oxygen atoms in total. The quantitative estimate of drug-likeness (QED) is 0.721. The molecule has 0 aliphatic carbocycles. The molecule has 0 N–H and O–H groups in total. The number of ether oxygens (including phenoxy) is 1. The fourth-order valence-corrected chi connectivity index (χ4v) is 3.75. The van der Waals surface area contributed by atoms with Crippen LogP contribution in [0, 0.1) is 0 Å². The maximum Gasteiger partial charge on any atom is 0.255 e. The molecule has 2 aromatic heterocycles. The van der Waals surface area contributed by atoms with E-state index < -0.39 is 0 Å². The summed E-state index contributed by atoms with van der Waals surface area (Å²) < 4.78 is 5.34. The summed E-state index contributed by atoms with van der Waals surface area (Å²) in [4.78, 5) is 25.6. The van der Waals surface area contributed by atoms with Crippen LogP contribution in [-0.2, 0) is 0 Å². The van der Waals surface area contributed by atoms with Crippen LogP contribution in [0.2, 0.25) is 0 Å². The summed E-state index contributed by atoms with van der Waals surface area (Å²) in [5.74, 6) is 2.34. The van der Waals surface area contributed by atoms with Crippen LogP contribution < -0.4 is 14.5 Å². The van der Waals surface area contributed by atoms with E-state index in [4.69, 9.17) is 4.74 Å². The fourth-order valence-electron chi connectivity index (χ4n) is 3.75. The molecule has 2 aliphatic heterocycles. The van der Waals surface area contributed by atoms with Crippen molar-refractivity contribution in [3.8, 4) is 5.88 Å². The first-order chi connectivity index (χ1) is 14.6. The number of likely N-dealkylation sites (N-methyl/N-ethyl adjacent to an activating group) is 1. The molecule has 4 rings (SSSR count). The summed E-state index contributed by atoms with van der Waals surface area (Å²) >= 11 is 0. The molecule has 2 saturated heterocycles. The van der Waals surface area contributed by atoms with Gasteiger partial charge in [-0.05, 0) is 32.2 Å². The van der Waals surface area contributed by atoms with E-state index in [0.29, 0.717) is 31.1 Å². The number of hydrogen-bond donors (Lipinski definition) is 0.